The summed E-state index contributed by atoms with van der Waals surface area (Å²) >= 11 is 0. The van der Waals surface area contributed by atoms with Crippen molar-refractivity contribution in [2.45, 2.75) is 99.5 Å². The number of hydrogen-bond acceptors (Lipinski definition) is 2. The van der Waals surface area contributed by atoms with Gasteiger partial charge in [-0.05, 0) is 56.3 Å². The van der Waals surface area contributed by atoms with Crippen molar-refractivity contribution >= 4 is 5.97 Å². The number of ether oxygens (including phenoxy) is 1. The largest absolute Gasteiger partial charge is 0.462 e. The summed E-state index contributed by atoms with van der Waals surface area (Å²) in [6.45, 7) is 15.6. The highest BCUT2D eigenvalue weighted by Gasteiger charge is 2.40. The molecule has 0 N–H and O–H groups in total. The first-order valence-electron chi connectivity index (χ1n) is 9.36. The lowest BCUT2D eigenvalue weighted by molar-refractivity contribution is -0.167. The Morgan fingerprint density at radius 3 is 2.05 bits per heavy atom. The van der Waals surface area contributed by atoms with E-state index in [0.717, 1.165) is 38.0 Å². The van der Waals surface area contributed by atoms with Crippen molar-refractivity contribution in [3.63, 3.8) is 0 Å². The van der Waals surface area contributed by atoms with Gasteiger partial charge < -0.3 is 4.74 Å². The quantitative estimate of drug-likeness (QED) is 0.563. The van der Waals surface area contributed by atoms with E-state index in [0.29, 0.717) is 11.3 Å². The maximum atomic E-state index is 12.8. The van der Waals surface area contributed by atoms with E-state index in [1.807, 2.05) is 0 Å². The molecule has 0 aromatic carbocycles. The number of carbonyl (C=O) groups is 1. The van der Waals surface area contributed by atoms with Crippen LogP contribution in [0.25, 0.3) is 0 Å². The molecule has 2 atom stereocenters. The molecule has 0 radical (unpaired) electrons. The maximum Gasteiger partial charge on any atom is 0.312 e. The van der Waals surface area contributed by atoms with Gasteiger partial charge in [-0.15, -0.1) is 0 Å². The molecule has 2 nitrogen and oxygen atoms in total. The topological polar surface area (TPSA) is 26.3 Å². The normalized spacial score (nSPS) is 27.0. The number of rotatable bonds is 6. The second-order valence-electron chi connectivity index (χ2n) is 8.72. The van der Waals surface area contributed by atoms with Crippen LogP contribution in [-0.2, 0) is 9.53 Å². The summed E-state index contributed by atoms with van der Waals surface area (Å²) in [6, 6.07) is 0. The van der Waals surface area contributed by atoms with Gasteiger partial charge in [-0.2, -0.15) is 0 Å². The van der Waals surface area contributed by atoms with Crippen LogP contribution in [0.3, 0.4) is 0 Å². The summed E-state index contributed by atoms with van der Waals surface area (Å²) in [6.07, 6.45) is 7.59. The monoisotopic (exact) mass is 310 g/mol. The summed E-state index contributed by atoms with van der Waals surface area (Å²) in [5.74, 6) is 1.19. The highest BCUT2D eigenvalue weighted by atomic mass is 16.5. The number of carbonyl (C=O) groups excluding carboxylic acids is 1. The Labute approximate surface area is 138 Å². The molecule has 1 saturated carbocycles. The molecule has 0 aliphatic heterocycles. The van der Waals surface area contributed by atoms with Crippen molar-refractivity contribution in [2.24, 2.45) is 22.7 Å². The molecule has 0 aromatic rings. The van der Waals surface area contributed by atoms with Gasteiger partial charge in [0.25, 0.3) is 0 Å². The minimum atomic E-state index is -0.315. The molecule has 22 heavy (non-hydrogen) atoms. The lowest BCUT2D eigenvalue weighted by atomic mass is 9.71. The van der Waals surface area contributed by atoms with Crippen LogP contribution in [0.1, 0.15) is 93.4 Å². The van der Waals surface area contributed by atoms with Gasteiger partial charge in [0.2, 0.25) is 0 Å². The van der Waals surface area contributed by atoms with Crippen LogP contribution in [0, 0.1) is 22.7 Å². The molecule has 2 unspecified atom stereocenters. The minimum absolute atomic E-state index is 0.0444. The van der Waals surface area contributed by atoms with E-state index in [1.54, 1.807) is 0 Å². The smallest absolute Gasteiger partial charge is 0.312 e. The van der Waals surface area contributed by atoms with Gasteiger partial charge in [0, 0.05) is 0 Å². The number of esters is 1. The standard InChI is InChI=1S/C20H38O2/c1-8-14-20(7,15(3)9-2)18(21)22-17-12-10-16(11-13-17)19(4,5)6/h15-17H,8-14H2,1-7H3. The first-order chi connectivity index (χ1) is 10.1. The summed E-state index contributed by atoms with van der Waals surface area (Å²) < 4.78 is 5.95. The van der Waals surface area contributed by atoms with Crippen LogP contribution in [0.4, 0.5) is 0 Å². The average molecular weight is 311 g/mol. The second-order valence-corrected chi connectivity index (χ2v) is 8.72. The van der Waals surface area contributed by atoms with Crippen molar-refractivity contribution in [2.75, 3.05) is 0 Å². The molecule has 2 heteroatoms. The first kappa shape index (κ1) is 19.5. The van der Waals surface area contributed by atoms with Crippen LogP contribution >= 0.6 is 0 Å². The van der Waals surface area contributed by atoms with Crippen molar-refractivity contribution < 1.29 is 9.53 Å². The third-order valence-electron chi connectivity index (χ3n) is 6.11. The lowest BCUT2D eigenvalue weighted by Gasteiger charge is -2.39. The van der Waals surface area contributed by atoms with Gasteiger partial charge in [0.15, 0.2) is 0 Å². The fourth-order valence-corrected chi connectivity index (χ4v) is 3.85. The molecular formula is C20H38O2. The molecule has 0 amide bonds. The van der Waals surface area contributed by atoms with Crippen LogP contribution in [0.2, 0.25) is 0 Å². The second kappa shape index (κ2) is 7.84. The molecule has 0 aromatic heterocycles. The van der Waals surface area contributed by atoms with Gasteiger partial charge in [0.05, 0.1) is 5.41 Å². The van der Waals surface area contributed by atoms with Crippen molar-refractivity contribution in [3.05, 3.63) is 0 Å². The fourth-order valence-electron chi connectivity index (χ4n) is 3.85. The predicted octanol–water partition coefficient (Wildman–Crippen LogP) is 5.99. The lowest BCUT2D eigenvalue weighted by Crippen LogP contribution is -2.39. The van der Waals surface area contributed by atoms with E-state index in [-0.39, 0.29) is 17.5 Å². The maximum absolute atomic E-state index is 12.8. The van der Waals surface area contributed by atoms with Gasteiger partial charge in [-0.25, -0.2) is 0 Å². The zero-order valence-corrected chi connectivity index (χ0v) is 16.0. The third-order valence-corrected chi connectivity index (χ3v) is 6.11. The third kappa shape index (κ3) is 4.73. The molecule has 0 saturated heterocycles. The van der Waals surface area contributed by atoms with E-state index in [2.05, 4.69) is 48.5 Å². The molecule has 1 fully saturated rings. The Hall–Kier alpha value is -0.530. The van der Waals surface area contributed by atoms with Gasteiger partial charge >= 0.3 is 5.97 Å². The molecular weight excluding hydrogens is 272 g/mol. The summed E-state index contributed by atoms with van der Waals surface area (Å²) in [4.78, 5) is 12.8. The Morgan fingerprint density at radius 2 is 1.64 bits per heavy atom. The van der Waals surface area contributed by atoms with Crippen LogP contribution in [0.5, 0.6) is 0 Å². The molecule has 0 bridgehead atoms. The van der Waals surface area contributed by atoms with E-state index in [9.17, 15) is 4.79 Å². The summed E-state index contributed by atoms with van der Waals surface area (Å²) in [5, 5.41) is 0. The molecule has 1 aliphatic carbocycles. The van der Waals surface area contributed by atoms with E-state index in [1.165, 1.54) is 12.8 Å². The van der Waals surface area contributed by atoms with Crippen LogP contribution < -0.4 is 0 Å². The van der Waals surface area contributed by atoms with Gasteiger partial charge in [0.1, 0.15) is 6.10 Å². The van der Waals surface area contributed by atoms with E-state index >= 15 is 0 Å². The van der Waals surface area contributed by atoms with Crippen molar-refractivity contribution in [1.29, 1.82) is 0 Å². The fraction of sp³-hybridized carbons (Fsp3) is 0.950. The SMILES string of the molecule is CCCC(C)(C(=O)OC1CCC(C(C)(C)C)CC1)C(C)CC. The zero-order chi connectivity index (χ0) is 17.0. The Kier molecular flexibility index (Phi) is 6.95. The van der Waals surface area contributed by atoms with Crippen molar-refractivity contribution in [3.8, 4) is 0 Å². The van der Waals surface area contributed by atoms with Crippen LogP contribution in [-0.4, -0.2) is 12.1 Å². The van der Waals surface area contributed by atoms with Gasteiger partial charge in [-0.3, -0.25) is 4.79 Å². The van der Waals surface area contributed by atoms with Gasteiger partial charge in [-0.1, -0.05) is 54.4 Å². The Balaban J connectivity index is 2.61. The molecule has 1 aliphatic rings. The molecule has 130 valence electrons. The number of hydrogen-bond donors (Lipinski definition) is 0. The predicted molar refractivity (Wildman–Crippen MR) is 93.8 cm³/mol. The van der Waals surface area contributed by atoms with Crippen LogP contribution in [0.15, 0.2) is 0 Å². The summed E-state index contributed by atoms with van der Waals surface area (Å²) in [5.41, 5.74) is 0.0623. The van der Waals surface area contributed by atoms with Crippen molar-refractivity contribution in [1.82, 2.24) is 0 Å². The molecule has 0 spiro atoms. The highest BCUT2D eigenvalue weighted by molar-refractivity contribution is 5.77. The van der Waals surface area contributed by atoms with E-state index in [4.69, 9.17) is 4.74 Å². The molecule has 0 heterocycles. The zero-order valence-electron chi connectivity index (χ0n) is 16.0. The van der Waals surface area contributed by atoms with E-state index < -0.39 is 0 Å². The Bertz CT molecular complexity index is 347. The minimum Gasteiger partial charge on any atom is -0.462 e. The first-order valence-corrected chi connectivity index (χ1v) is 9.36. The highest BCUT2D eigenvalue weighted by Crippen LogP contribution is 2.40. The Morgan fingerprint density at radius 1 is 1.09 bits per heavy atom. The average Bonchev–Trinajstić information content (AvgIpc) is 2.46. The molecule has 1 rings (SSSR count). The summed E-state index contributed by atoms with van der Waals surface area (Å²) in [7, 11) is 0.